The molecular formula is C20H16F4N4OS. The second-order valence-corrected chi connectivity index (χ2v) is 7.04. The molecule has 0 spiro atoms. The van der Waals surface area contributed by atoms with Crippen LogP contribution in [0.5, 0.6) is 0 Å². The molecule has 1 amide bonds. The van der Waals surface area contributed by atoms with E-state index in [1.807, 2.05) is 0 Å². The number of hydrogen-bond donors (Lipinski definition) is 1. The zero-order chi connectivity index (χ0) is 21.7. The van der Waals surface area contributed by atoms with E-state index in [1.54, 1.807) is 28.8 Å². The van der Waals surface area contributed by atoms with Gasteiger partial charge in [-0.2, -0.15) is 13.2 Å². The molecule has 0 aliphatic rings. The van der Waals surface area contributed by atoms with Crippen LogP contribution < -0.4 is 5.32 Å². The maximum Gasteiger partial charge on any atom is 0.416 e. The van der Waals surface area contributed by atoms with Gasteiger partial charge in [0.25, 0.3) is 0 Å². The first kappa shape index (κ1) is 21.6. The number of halogens is 4. The monoisotopic (exact) mass is 436 g/mol. The van der Waals surface area contributed by atoms with Gasteiger partial charge < -0.3 is 5.32 Å². The molecule has 156 valence electrons. The maximum absolute atomic E-state index is 14.1. The molecule has 0 unspecified atom stereocenters. The molecule has 1 aromatic heterocycles. The molecule has 0 aliphatic carbocycles. The largest absolute Gasteiger partial charge is 0.416 e. The molecule has 0 bridgehead atoms. The molecule has 2 aromatic carbocycles. The van der Waals surface area contributed by atoms with Crippen molar-refractivity contribution < 1.29 is 22.4 Å². The molecule has 5 nitrogen and oxygen atoms in total. The van der Waals surface area contributed by atoms with Gasteiger partial charge in [-0.25, -0.2) is 4.39 Å². The van der Waals surface area contributed by atoms with E-state index in [9.17, 15) is 22.4 Å². The quantitative estimate of drug-likeness (QED) is 0.321. The van der Waals surface area contributed by atoms with E-state index >= 15 is 0 Å². The molecule has 0 fully saturated rings. The first-order valence-electron chi connectivity index (χ1n) is 8.68. The number of nitrogens with one attached hydrogen (secondary N) is 1. The highest BCUT2D eigenvalue weighted by atomic mass is 32.2. The van der Waals surface area contributed by atoms with Crippen molar-refractivity contribution in [2.24, 2.45) is 0 Å². The van der Waals surface area contributed by atoms with Crippen molar-refractivity contribution in [3.8, 4) is 11.4 Å². The van der Waals surface area contributed by atoms with Crippen molar-refractivity contribution >= 4 is 23.4 Å². The van der Waals surface area contributed by atoms with Crippen LogP contribution in [0.4, 0.5) is 23.2 Å². The predicted molar refractivity (Wildman–Crippen MR) is 106 cm³/mol. The first-order valence-corrected chi connectivity index (χ1v) is 9.67. The van der Waals surface area contributed by atoms with Crippen LogP contribution in [0.25, 0.3) is 11.4 Å². The Hall–Kier alpha value is -3.14. The Balaban J connectivity index is 1.69. The molecule has 1 N–H and O–H groups in total. The van der Waals surface area contributed by atoms with Gasteiger partial charge in [0.1, 0.15) is 5.82 Å². The molecule has 30 heavy (non-hydrogen) atoms. The third kappa shape index (κ3) is 5.07. The van der Waals surface area contributed by atoms with E-state index in [4.69, 9.17) is 0 Å². The summed E-state index contributed by atoms with van der Waals surface area (Å²) in [5.74, 6) is -0.640. The minimum Gasteiger partial charge on any atom is -0.325 e. The third-order valence-corrected chi connectivity index (χ3v) is 4.94. The predicted octanol–water partition coefficient (Wildman–Crippen LogP) is 5.02. The summed E-state index contributed by atoms with van der Waals surface area (Å²) in [5.41, 5.74) is -0.283. The number of thioether (sulfide) groups is 1. The summed E-state index contributed by atoms with van der Waals surface area (Å²) in [6.45, 7) is 3.98. The lowest BCUT2D eigenvalue weighted by molar-refractivity contribution is -0.137. The molecule has 3 rings (SSSR count). The SMILES string of the molecule is C=CCn1c(SCC(=O)Nc2ccc(C(F)(F)F)cc2)nnc1-c1ccccc1F. The van der Waals surface area contributed by atoms with Crippen molar-refractivity contribution in [3.63, 3.8) is 0 Å². The molecule has 0 radical (unpaired) electrons. The van der Waals surface area contributed by atoms with E-state index in [-0.39, 0.29) is 17.0 Å². The Labute approximate surface area is 173 Å². The summed E-state index contributed by atoms with van der Waals surface area (Å²) < 4.78 is 53.6. The normalized spacial score (nSPS) is 11.3. The van der Waals surface area contributed by atoms with Crippen molar-refractivity contribution in [2.75, 3.05) is 11.1 Å². The fraction of sp³-hybridized carbons (Fsp3) is 0.150. The lowest BCUT2D eigenvalue weighted by Gasteiger charge is -2.10. The van der Waals surface area contributed by atoms with Gasteiger partial charge in [-0.05, 0) is 36.4 Å². The number of carbonyl (C=O) groups is 1. The summed E-state index contributed by atoms with van der Waals surface area (Å²) in [6, 6.07) is 10.3. The second kappa shape index (κ2) is 9.12. The van der Waals surface area contributed by atoms with Crippen LogP contribution in [0.1, 0.15) is 5.56 Å². The van der Waals surface area contributed by atoms with Crippen LogP contribution in [-0.2, 0) is 17.5 Å². The standard InChI is InChI=1S/C20H16F4N4OS/c1-2-11-28-18(15-5-3-4-6-16(15)21)26-27-19(28)30-12-17(29)25-14-9-7-13(8-10-14)20(22,23)24/h2-10H,1,11-12H2,(H,25,29). The summed E-state index contributed by atoms with van der Waals surface area (Å²) in [7, 11) is 0. The van der Waals surface area contributed by atoms with E-state index < -0.39 is 23.5 Å². The first-order chi connectivity index (χ1) is 14.3. The number of rotatable bonds is 7. The number of amides is 1. The number of aromatic nitrogens is 3. The number of hydrogen-bond acceptors (Lipinski definition) is 4. The van der Waals surface area contributed by atoms with Crippen LogP contribution >= 0.6 is 11.8 Å². The highest BCUT2D eigenvalue weighted by Gasteiger charge is 2.30. The van der Waals surface area contributed by atoms with E-state index in [0.717, 1.165) is 23.9 Å². The van der Waals surface area contributed by atoms with E-state index in [1.165, 1.54) is 18.2 Å². The Morgan fingerprint density at radius 1 is 1.13 bits per heavy atom. The number of allylic oxidation sites excluding steroid dienone is 1. The summed E-state index contributed by atoms with van der Waals surface area (Å²) in [5, 5.41) is 11.0. The van der Waals surface area contributed by atoms with Crippen molar-refractivity contribution in [2.45, 2.75) is 17.9 Å². The summed E-state index contributed by atoms with van der Waals surface area (Å²) in [4.78, 5) is 12.2. The lowest BCUT2D eigenvalue weighted by Crippen LogP contribution is -2.15. The van der Waals surface area contributed by atoms with Gasteiger partial charge in [-0.1, -0.05) is 30.0 Å². The third-order valence-electron chi connectivity index (χ3n) is 3.97. The van der Waals surface area contributed by atoms with Crippen molar-refractivity contribution in [1.29, 1.82) is 0 Å². The number of carbonyl (C=O) groups excluding carboxylic acids is 1. The highest BCUT2D eigenvalue weighted by Crippen LogP contribution is 2.30. The fourth-order valence-electron chi connectivity index (χ4n) is 2.60. The molecule has 1 heterocycles. The number of anilines is 1. The maximum atomic E-state index is 14.1. The minimum absolute atomic E-state index is 0.0619. The van der Waals surface area contributed by atoms with Gasteiger partial charge in [0.15, 0.2) is 11.0 Å². The zero-order valence-electron chi connectivity index (χ0n) is 15.5. The fourth-order valence-corrected chi connectivity index (χ4v) is 3.35. The molecule has 0 saturated carbocycles. The van der Waals surface area contributed by atoms with Gasteiger partial charge in [0, 0.05) is 12.2 Å². The van der Waals surface area contributed by atoms with Gasteiger partial charge in [0.2, 0.25) is 5.91 Å². The molecule has 10 heteroatoms. The van der Waals surface area contributed by atoms with Crippen molar-refractivity contribution in [3.05, 3.63) is 72.6 Å². The second-order valence-electron chi connectivity index (χ2n) is 6.10. The molecule has 0 aliphatic heterocycles. The summed E-state index contributed by atoms with van der Waals surface area (Å²) >= 11 is 1.07. The van der Waals surface area contributed by atoms with Crippen LogP contribution in [-0.4, -0.2) is 26.4 Å². The number of benzene rings is 2. The smallest absolute Gasteiger partial charge is 0.325 e. The number of alkyl halides is 3. The Bertz CT molecular complexity index is 1050. The van der Waals surface area contributed by atoms with E-state index in [0.29, 0.717) is 17.5 Å². The average Bonchev–Trinajstić information content (AvgIpc) is 3.09. The van der Waals surface area contributed by atoms with E-state index in [2.05, 4.69) is 22.1 Å². The summed E-state index contributed by atoms with van der Waals surface area (Å²) in [6.07, 6.45) is -2.84. The highest BCUT2D eigenvalue weighted by molar-refractivity contribution is 7.99. The molecule has 3 aromatic rings. The van der Waals surface area contributed by atoms with Gasteiger partial charge in [0.05, 0.1) is 16.9 Å². The lowest BCUT2D eigenvalue weighted by atomic mass is 10.2. The van der Waals surface area contributed by atoms with Gasteiger partial charge in [-0.15, -0.1) is 16.8 Å². The van der Waals surface area contributed by atoms with Gasteiger partial charge in [-0.3, -0.25) is 9.36 Å². The molecule has 0 saturated heterocycles. The Morgan fingerprint density at radius 3 is 2.47 bits per heavy atom. The van der Waals surface area contributed by atoms with Crippen LogP contribution in [0.15, 0.2) is 66.3 Å². The number of nitrogens with zero attached hydrogens (tertiary/aromatic N) is 3. The van der Waals surface area contributed by atoms with Crippen LogP contribution in [0.2, 0.25) is 0 Å². The molecular weight excluding hydrogens is 420 g/mol. The Kier molecular flexibility index (Phi) is 6.56. The van der Waals surface area contributed by atoms with Crippen molar-refractivity contribution in [1.82, 2.24) is 14.8 Å². The molecule has 0 atom stereocenters. The van der Waals surface area contributed by atoms with Crippen LogP contribution in [0, 0.1) is 5.82 Å². The van der Waals surface area contributed by atoms with Crippen LogP contribution in [0.3, 0.4) is 0 Å². The average molecular weight is 436 g/mol. The minimum atomic E-state index is -4.44. The zero-order valence-corrected chi connectivity index (χ0v) is 16.3. The topological polar surface area (TPSA) is 59.8 Å². The Morgan fingerprint density at radius 2 is 1.83 bits per heavy atom. The van der Waals surface area contributed by atoms with Gasteiger partial charge >= 0.3 is 6.18 Å².